The summed E-state index contributed by atoms with van der Waals surface area (Å²) < 4.78 is 14.1. The highest BCUT2D eigenvalue weighted by atomic mass is 79.9. The lowest BCUT2D eigenvalue weighted by atomic mass is 9.83. The van der Waals surface area contributed by atoms with E-state index in [1.54, 1.807) is 12.1 Å². The predicted octanol–water partition coefficient (Wildman–Crippen LogP) is 4.29. The van der Waals surface area contributed by atoms with Crippen LogP contribution in [0.15, 0.2) is 22.7 Å². The van der Waals surface area contributed by atoms with Gasteiger partial charge in [-0.15, -0.1) is 0 Å². The standard InChI is InChI=1S/C15H19BrFNO/c1-2-15(8-3-4-9-15)10-18-14(19)11-6-5-7-12(16)13(11)17/h5-7H,2-4,8-10H2,1H3,(H,18,19). The summed E-state index contributed by atoms with van der Waals surface area (Å²) in [5, 5.41) is 2.90. The second-order valence-electron chi connectivity index (χ2n) is 5.34. The molecule has 0 spiro atoms. The van der Waals surface area contributed by atoms with Crippen molar-refractivity contribution in [3.05, 3.63) is 34.1 Å². The lowest BCUT2D eigenvalue weighted by Crippen LogP contribution is -2.36. The van der Waals surface area contributed by atoms with Gasteiger partial charge in [0.05, 0.1) is 10.0 Å². The number of carbonyl (C=O) groups is 1. The summed E-state index contributed by atoms with van der Waals surface area (Å²) >= 11 is 3.10. The topological polar surface area (TPSA) is 29.1 Å². The number of halogens is 2. The van der Waals surface area contributed by atoms with E-state index >= 15 is 0 Å². The first-order valence-corrected chi connectivity index (χ1v) is 7.59. The Morgan fingerprint density at radius 1 is 1.42 bits per heavy atom. The van der Waals surface area contributed by atoms with E-state index in [4.69, 9.17) is 0 Å². The highest BCUT2D eigenvalue weighted by molar-refractivity contribution is 9.10. The Morgan fingerprint density at radius 3 is 2.74 bits per heavy atom. The number of nitrogens with one attached hydrogen (secondary N) is 1. The summed E-state index contributed by atoms with van der Waals surface area (Å²) in [6, 6.07) is 4.78. The van der Waals surface area contributed by atoms with Gasteiger partial charge in [-0.3, -0.25) is 4.79 Å². The van der Waals surface area contributed by atoms with Crippen molar-refractivity contribution in [2.45, 2.75) is 39.0 Å². The average Bonchev–Trinajstić information content (AvgIpc) is 2.89. The molecule has 1 amide bonds. The quantitative estimate of drug-likeness (QED) is 0.878. The monoisotopic (exact) mass is 327 g/mol. The zero-order valence-electron chi connectivity index (χ0n) is 11.1. The third-order valence-corrected chi connectivity index (χ3v) is 4.85. The van der Waals surface area contributed by atoms with Gasteiger partial charge >= 0.3 is 0 Å². The number of hydrogen-bond donors (Lipinski definition) is 1. The van der Waals surface area contributed by atoms with Crippen LogP contribution in [0.25, 0.3) is 0 Å². The van der Waals surface area contributed by atoms with Gasteiger partial charge in [0.2, 0.25) is 0 Å². The maximum Gasteiger partial charge on any atom is 0.254 e. The van der Waals surface area contributed by atoms with E-state index in [1.807, 2.05) is 0 Å². The van der Waals surface area contributed by atoms with Gasteiger partial charge in [-0.25, -0.2) is 4.39 Å². The largest absolute Gasteiger partial charge is 0.351 e. The fraction of sp³-hybridized carbons (Fsp3) is 0.533. The molecule has 0 atom stereocenters. The fourth-order valence-electron chi connectivity index (χ4n) is 2.82. The third kappa shape index (κ3) is 3.16. The lowest BCUT2D eigenvalue weighted by molar-refractivity contribution is 0.0924. The first-order valence-electron chi connectivity index (χ1n) is 6.80. The summed E-state index contributed by atoms with van der Waals surface area (Å²) in [6.45, 7) is 2.81. The Balaban J connectivity index is 2.03. The number of benzene rings is 1. The van der Waals surface area contributed by atoms with Crippen molar-refractivity contribution in [1.82, 2.24) is 5.32 Å². The predicted molar refractivity (Wildman–Crippen MR) is 77.6 cm³/mol. The van der Waals surface area contributed by atoms with Gasteiger partial charge in [0.25, 0.3) is 5.91 Å². The first-order chi connectivity index (χ1) is 9.08. The Labute approximate surface area is 121 Å². The molecule has 2 nitrogen and oxygen atoms in total. The van der Waals surface area contributed by atoms with E-state index in [-0.39, 0.29) is 16.9 Å². The smallest absolute Gasteiger partial charge is 0.254 e. The number of amides is 1. The summed E-state index contributed by atoms with van der Waals surface area (Å²) in [7, 11) is 0. The first kappa shape index (κ1) is 14.5. The van der Waals surface area contributed by atoms with E-state index in [2.05, 4.69) is 28.2 Å². The normalized spacial score (nSPS) is 17.4. The molecule has 1 aliphatic carbocycles. The van der Waals surface area contributed by atoms with Crippen molar-refractivity contribution in [2.75, 3.05) is 6.54 Å². The molecule has 1 aromatic carbocycles. The van der Waals surface area contributed by atoms with Gasteiger partial charge in [0, 0.05) is 6.54 Å². The van der Waals surface area contributed by atoms with Crippen molar-refractivity contribution < 1.29 is 9.18 Å². The van der Waals surface area contributed by atoms with Crippen molar-refractivity contribution in [3.8, 4) is 0 Å². The van der Waals surface area contributed by atoms with E-state index < -0.39 is 5.82 Å². The van der Waals surface area contributed by atoms with Crippen LogP contribution in [-0.4, -0.2) is 12.5 Å². The van der Waals surface area contributed by atoms with E-state index in [9.17, 15) is 9.18 Å². The van der Waals surface area contributed by atoms with Crippen LogP contribution in [-0.2, 0) is 0 Å². The molecule has 0 heterocycles. The van der Waals surface area contributed by atoms with Gasteiger partial charge in [-0.05, 0) is 52.7 Å². The number of hydrogen-bond acceptors (Lipinski definition) is 1. The van der Waals surface area contributed by atoms with Crippen LogP contribution >= 0.6 is 15.9 Å². The summed E-state index contributed by atoms with van der Waals surface area (Å²) in [5.41, 5.74) is 0.330. The molecular weight excluding hydrogens is 309 g/mol. The van der Waals surface area contributed by atoms with Crippen LogP contribution in [0, 0.1) is 11.2 Å². The van der Waals surface area contributed by atoms with Crippen LogP contribution in [0.2, 0.25) is 0 Å². The van der Waals surface area contributed by atoms with Crippen LogP contribution in [0.1, 0.15) is 49.4 Å². The molecule has 0 aromatic heterocycles. The Morgan fingerprint density at radius 2 is 2.11 bits per heavy atom. The zero-order chi connectivity index (χ0) is 13.9. The minimum atomic E-state index is -0.489. The Kier molecular flexibility index (Phi) is 4.61. The van der Waals surface area contributed by atoms with Crippen molar-refractivity contribution >= 4 is 21.8 Å². The third-order valence-electron chi connectivity index (χ3n) is 4.23. The second-order valence-corrected chi connectivity index (χ2v) is 6.20. The number of rotatable bonds is 4. The average molecular weight is 328 g/mol. The minimum absolute atomic E-state index is 0.110. The molecule has 104 valence electrons. The van der Waals surface area contributed by atoms with Crippen LogP contribution in [0.4, 0.5) is 4.39 Å². The lowest BCUT2D eigenvalue weighted by Gasteiger charge is -2.27. The minimum Gasteiger partial charge on any atom is -0.351 e. The zero-order valence-corrected chi connectivity index (χ0v) is 12.7. The van der Waals surface area contributed by atoms with Gasteiger partial charge in [0.15, 0.2) is 0 Å². The van der Waals surface area contributed by atoms with Crippen molar-refractivity contribution in [2.24, 2.45) is 5.41 Å². The molecule has 1 fully saturated rings. The summed E-state index contributed by atoms with van der Waals surface area (Å²) in [4.78, 5) is 12.1. The molecule has 1 aromatic rings. The maximum atomic E-state index is 13.8. The van der Waals surface area contributed by atoms with E-state index in [0.29, 0.717) is 11.0 Å². The molecule has 4 heteroatoms. The maximum absolute atomic E-state index is 13.8. The highest BCUT2D eigenvalue weighted by Gasteiger charge is 2.32. The molecule has 2 rings (SSSR count). The molecule has 19 heavy (non-hydrogen) atoms. The molecule has 0 aliphatic heterocycles. The molecule has 1 saturated carbocycles. The second kappa shape index (κ2) is 6.04. The number of carbonyl (C=O) groups excluding carboxylic acids is 1. The molecule has 1 aliphatic rings. The van der Waals surface area contributed by atoms with Crippen LogP contribution in [0.5, 0.6) is 0 Å². The fourth-order valence-corrected chi connectivity index (χ4v) is 3.19. The molecule has 1 N–H and O–H groups in total. The molecule has 0 radical (unpaired) electrons. The van der Waals surface area contributed by atoms with Gasteiger partial charge < -0.3 is 5.32 Å². The van der Waals surface area contributed by atoms with Crippen LogP contribution in [0.3, 0.4) is 0 Å². The Bertz CT molecular complexity index is 469. The molecular formula is C15H19BrFNO. The van der Waals surface area contributed by atoms with Gasteiger partial charge in [-0.1, -0.05) is 25.8 Å². The van der Waals surface area contributed by atoms with Gasteiger partial charge in [0.1, 0.15) is 5.82 Å². The molecule has 0 saturated heterocycles. The summed E-state index contributed by atoms with van der Waals surface area (Å²) in [5.74, 6) is -0.810. The Hall–Kier alpha value is -0.900. The van der Waals surface area contributed by atoms with Crippen molar-refractivity contribution in [3.63, 3.8) is 0 Å². The summed E-state index contributed by atoms with van der Waals surface area (Å²) in [6.07, 6.45) is 5.84. The molecule has 0 unspecified atom stereocenters. The van der Waals surface area contributed by atoms with Crippen molar-refractivity contribution in [1.29, 1.82) is 0 Å². The van der Waals surface area contributed by atoms with Gasteiger partial charge in [-0.2, -0.15) is 0 Å². The molecule has 0 bridgehead atoms. The SMILES string of the molecule is CCC1(CNC(=O)c2cccc(Br)c2F)CCCC1. The van der Waals surface area contributed by atoms with Crippen LogP contribution < -0.4 is 5.32 Å². The highest BCUT2D eigenvalue weighted by Crippen LogP contribution is 2.40. The van der Waals surface area contributed by atoms with E-state index in [1.165, 1.54) is 18.9 Å². The van der Waals surface area contributed by atoms with E-state index in [0.717, 1.165) is 19.3 Å².